The third-order valence-corrected chi connectivity index (χ3v) is 9.32. The third-order valence-electron chi connectivity index (χ3n) is 9.32. The van der Waals surface area contributed by atoms with Crippen LogP contribution in [0.3, 0.4) is 0 Å². The summed E-state index contributed by atoms with van der Waals surface area (Å²) in [6, 6.07) is 47.7. The fourth-order valence-electron chi connectivity index (χ4n) is 7.23. The minimum absolute atomic E-state index is 0.290. The smallest absolute Gasteiger partial charge is 0.178 e. The van der Waals surface area contributed by atoms with Gasteiger partial charge in [0.15, 0.2) is 11.3 Å². The number of para-hydroxylation sites is 1. The van der Waals surface area contributed by atoms with E-state index in [2.05, 4.69) is 135 Å². The third kappa shape index (κ3) is 3.41. The molecule has 43 heavy (non-hydrogen) atoms. The van der Waals surface area contributed by atoms with Gasteiger partial charge in [0.05, 0.1) is 0 Å². The lowest BCUT2D eigenvalue weighted by molar-refractivity contribution is 0.415. The quantitative estimate of drug-likeness (QED) is 0.199. The molecule has 8 aromatic rings. The van der Waals surface area contributed by atoms with Crippen molar-refractivity contribution in [2.24, 2.45) is 0 Å². The van der Waals surface area contributed by atoms with E-state index in [4.69, 9.17) is 9.15 Å². The highest BCUT2D eigenvalue weighted by molar-refractivity contribution is 6.21. The largest absolute Gasteiger partial charge is 0.453 e. The Morgan fingerprint density at radius 1 is 0.465 bits per heavy atom. The summed E-state index contributed by atoms with van der Waals surface area (Å²) in [4.78, 5) is 0. The fourth-order valence-corrected chi connectivity index (χ4v) is 7.23. The second kappa shape index (κ2) is 8.83. The minimum Gasteiger partial charge on any atom is -0.453 e. The first-order valence-electron chi connectivity index (χ1n) is 14.9. The zero-order valence-corrected chi connectivity index (χ0v) is 24.0. The van der Waals surface area contributed by atoms with Gasteiger partial charge >= 0.3 is 0 Å². The van der Waals surface area contributed by atoms with Crippen molar-refractivity contribution in [2.45, 2.75) is 19.3 Å². The molecule has 1 aliphatic rings. The number of hydrogen-bond donors (Lipinski definition) is 0. The van der Waals surface area contributed by atoms with Crippen LogP contribution in [0, 0.1) is 0 Å². The Hall–Kier alpha value is -5.34. The zero-order chi connectivity index (χ0) is 28.7. The summed E-state index contributed by atoms with van der Waals surface area (Å²) in [6.45, 7) is 4.58. The summed E-state index contributed by atoms with van der Waals surface area (Å²) in [7, 11) is 0. The summed E-state index contributed by atoms with van der Waals surface area (Å²) < 4.78 is 13.1. The molecule has 0 fully saturated rings. The molecular weight excluding hydrogens is 524 g/mol. The minimum atomic E-state index is -0.290. The summed E-state index contributed by atoms with van der Waals surface area (Å²) in [5.41, 5.74) is 8.67. The molecule has 9 rings (SSSR count). The van der Waals surface area contributed by atoms with Crippen molar-refractivity contribution in [1.29, 1.82) is 0 Å². The van der Waals surface area contributed by atoms with Gasteiger partial charge < -0.3 is 9.15 Å². The normalized spacial score (nSPS) is 13.7. The van der Waals surface area contributed by atoms with Crippen LogP contribution in [0.5, 0.6) is 11.5 Å². The van der Waals surface area contributed by atoms with E-state index in [1.807, 2.05) is 12.1 Å². The van der Waals surface area contributed by atoms with Crippen LogP contribution >= 0.6 is 0 Å². The molecule has 1 aliphatic heterocycles. The Bertz CT molecular complexity index is 2340. The molecular formula is C41H28O2. The summed E-state index contributed by atoms with van der Waals surface area (Å²) in [5, 5.41) is 7.21. The lowest BCUT2D eigenvalue weighted by atomic mass is 9.74. The molecule has 0 bridgehead atoms. The van der Waals surface area contributed by atoms with Gasteiger partial charge in [-0.2, -0.15) is 0 Å². The van der Waals surface area contributed by atoms with E-state index in [1.165, 1.54) is 49.4 Å². The SMILES string of the molecule is CC1(C)c2cc(-c3c4ccccc4c(-c4ccccc4)c4ccccc34)ccc2Oc2c1ccc1c2oc2ccccc21. The van der Waals surface area contributed by atoms with Crippen LogP contribution in [0.25, 0.3) is 65.7 Å². The number of furan rings is 1. The maximum atomic E-state index is 6.70. The van der Waals surface area contributed by atoms with Crippen molar-refractivity contribution in [1.82, 2.24) is 0 Å². The first-order valence-corrected chi connectivity index (χ1v) is 14.9. The second-order valence-electron chi connectivity index (χ2n) is 12.1. The van der Waals surface area contributed by atoms with Gasteiger partial charge in [-0.05, 0) is 68.1 Å². The molecule has 0 saturated carbocycles. The van der Waals surface area contributed by atoms with Crippen LogP contribution < -0.4 is 4.74 Å². The lowest BCUT2D eigenvalue weighted by Gasteiger charge is -2.35. The Morgan fingerprint density at radius 2 is 1.05 bits per heavy atom. The molecule has 0 N–H and O–H groups in total. The Kier molecular flexibility index (Phi) is 4.99. The standard InChI is InChI=1S/C41H28O2/c1-41(2)33-22-21-32-27-14-10-11-19-35(27)42-39(32)40(33)43-36-23-20-26(24-34(36)41)38-30-17-8-6-15-28(30)37(25-12-4-3-5-13-25)29-16-7-9-18-31(29)38/h3-24H,1-2H3. The van der Waals surface area contributed by atoms with Crippen LogP contribution in [0.2, 0.25) is 0 Å². The summed E-state index contributed by atoms with van der Waals surface area (Å²) >= 11 is 0. The van der Waals surface area contributed by atoms with Crippen molar-refractivity contribution in [3.63, 3.8) is 0 Å². The second-order valence-corrected chi connectivity index (χ2v) is 12.1. The molecule has 0 spiro atoms. The van der Waals surface area contributed by atoms with Crippen molar-refractivity contribution in [3.8, 4) is 33.8 Å². The van der Waals surface area contributed by atoms with Crippen molar-refractivity contribution >= 4 is 43.5 Å². The van der Waals surface area contributed by atoms with Crippen LogP contribution in [0.15, 0.2) is 138 Å². The van der Waals surface area contributed by atoms with Crippen molar-refractivity contribution in [3.05, 3.63) is 145 Å². The number of hydrogen-bond acceptors (Lipinski definition) is 2. The fraction of sp³-hybridized carbons (Fsp3) is 0.0732. The molecule has 2 heterocycles. The molecule has 1 aromatic heterocycles. The highest BCUT2D eigenvalue weighted by Gasteiger charge is 2.37. The average molecular weight is 553 g/mol. The van der Waals surface area contributed by atoms with E-state index in [1.54, 1.807) is 0 Å². The van der Waals surface area contributed by atoms with E-state index in [-0.39, 0.29) is 5.41 Å². The van der Waals surface area contributed by atoms with E-state index < -0.39 is 0 Å². The lowest BCUT2D eigenvalue weighted by Crippen LogP contribution is -2.24. The Balaban J connectivity index is 1.28. The Morgan fingerprint density at radius 3 is 1.72 bits per heavy atom. The van der Waals surface area contributed by atoms with Crippen LogP contribution in [0.4, 0.5) is 0 Å². The highest BCUT2D eigenvalue weighted by atomic mass is 16.5. The van der Waals surface area contributed by atoms with Gasteiger partial charge in [0.2, 0.25) is 0 Å². The molecule has 0 unspecified atom stereocenters. The van der Waals surface area contributed by atoms with Gasteiger partial charge in [-0.1, -0.05) is 123 Å². The van der Waals surface area contributed by atoms with Gasteiger partial charge in [-0.15, -0.1) is 0 Å². The van der Waals surface area contributed by atoms with Gasteiger partial charge in [0, 0.05) is 27.3 Å². The number of benzene rings is 7. The first-order chi connectivity index (χ1) is 21.1. The number of ether oxygens (including phenoxy) is 1. The molecule has 0 amide bonds. The highest BCUT2D eigenvalue weighted by Crippen LogP contribution is 2.53. The molecule has 0 atom stereocenters. The number of fused-ring (bicyclic) bond motifs is 8. The average Bonchev–Trinajstić information content (AvgIpc) is 3.43. The number of rotatable bonds is 2. The van der Waals surface area contributed by atoms with Crippen LogP contribution in [-0.2, 0) is 5.41 Å². The molecule has 0 aliphatic carbocycles. The predicted octanol–water partition coefficient (Wildman–Crippen LogP) is 11.7. The topological polar surface area (TPSA) is 22.4 Å². The van der Waals surface area contributed by atoms with Crippen LogP contribution in [-0.4, -0.2) is 0 Å². The van der Waals surface area contributed by atoms with Gasteiger partial charge in [0.25, 0.3) is 0 Å². The first kappa shape index (κ1) is 24.3. The molecule has 2 heteroatoms. The van der Waals surface area contributed by atoms with E-state index in [9.17, 15) is 0 Å². The van der Waals surface area contributed by atoms with E-state index in [0.717, 1.165) is 39.0 Å². The van der Waals surface area contributed by atoms with Crippen molar-refractivity contribution in [2.75, 3.05) is 0 Å². The van der Waals surface area contributed by atoms with Crippen LogP contribution in [0.1, 0.15) is 25.0 Å². The predicted molar refractivity (Wildman–Crippen MR) is 178 cm³/mol. The van der Waals surface area contributed by atoms with Gasteiger partial charge in [-0.25, -0.2) is 0 Å². The van der Waals surface area contributed by atoms with E-state index >= 15 is 0 Å². The molecule has 204 valence electrons. The molecule has 0 saturated heterocycles. The zero-order valence-electron chi connectivity index (χ0n) is 24.0. The molecule has 7 aromatic carbocycles. The maximum Gasteiger partial charge on any atom is 0.178 e. The monoisotopic (exact) mass is 552 g/mol. The van der Waals surface area contributed by atoms with Crippen molar-refractivity contribution < 1.29 is 9.15 Å². The maximum absolute atomic E-state index is 6.70. The summed E-state index contributed by atoms with van der Waals surface area (Å²) in [6.07, 6.45) is 0. The Labute approximate surface area is 249 Å². The molecule has 0 radical (unpaired) electrons. The summed E-state index contributed by atoms with van der Waals surface area (Å²) in [5.74, 6) is 1.70. The van der Waals surface area contributed by atoms with Gasteiger partial charge in [-0.3, -0.25) is 0 Å². The molecule has 2 nitrogen and oxygen atoms in total. The van der Waals surface area contributed by atoms with Gasteiger partial charge in [0.1, 0.15) is 11.3 Å². The van der Waals surface area contributed by atoms with E-state index in [0.29, 0.717) is 0 Å².